The zero-order valence-corrected chi connectivity index (χ0v) is 15.7. The third kappa shape index (κ3) is 2.72. The Morgan fingerprint density at radius 3 is 2.65 bits per heavy atom. The molecule has 5 atom stereocenters. The van der Waals surface area contributed by atoms with Gasteiger partial charge in [-0.05, 0) is 85.6 Å². The van der Waals surface area contributed by atoms with Gasteiger partial charge in [-0.1, -0.05) is 37.3 Å². The summed E-state index contributed by atoms with van der Waals surface area (Å²) in [5, 5.41) is 10.6. The largest absolute Gasteiger partial charge is 0.330 e. The molecule has 1 aromatic rings. The number of benzene rings is 1. The minimum Gasteiger partial charge on any atom is -0.330 e. The van der Waals surface area contributed by atoms with Crippen LogP contribution in [0, 0.1) is 26.9 Å². The average molecular weight is 358 g/mol. The van der Waals surface area contributed by atoms with Gasteiger partial charge in [-0.25, -0.2) is 0 Å². The molecule has 0 spiro atoms. The quantitative estimate of drug-likeness (QED) is 0.584. The highest BCUT2D eigenvalue weighted by molar-refractivity contribution is 5.32. The first-order chi connectivity index (χ1) is 12.4. The molecule has 142 valence electrons. The van der Waals surface area contributed by atoms with Crippen LogP contribution >= 0.6 is 0 Å². The van der Waals surface area contributed by atoms with Gasteiger partial charge in [-0.2, -0.15) is 0 Å². The van der Waals surface area contributed by atoms with Crippen molar-refractivity contribution in [2.75, 3.05) is 6.54 Å². The summed E-state index contributed by atoms with van der Waals surface area (Å²) >= 11 is 0. The van der Waals surface area contributed by atoms with Crippen molar-refractivity contribution in [3.05, 3.63) is 46.0 Å². The summed E-state index contributed by atoms with van der Waals surface area (Å²) in [6.45, 7) is 2.72. The van der Waals surface area contributed by atoms with E-state index >= 15 is 0 Å². The van der Waals surface area contributed by atoms with Crippen LogP contribution in [0.15, 0.2) is 30.3 Å². The first-order valence-corrected chi connectivity index (χ1v) is 10.0. The molecule has 4 aliphatic carbocycles. The van der Waals surface area contributed by atoms with E-state index < -0.39 is 5.09 Å². The second-order valence-corrected chi connectivity index (χ2v) is 9.28. The van der Waals surface area contributed by atoms with E-state index in [4.69, 9.17) is 10.6 Å². The summed E-state index contributed by atoms with van der Waals surface area (Å²) in [6, 6.07) is 10.8. The van der Waals surface area contributed by atoms with Crippen LogP contribution in [-0.4, -0.2) is 17.7 Å². The van der Waals surface area contributed by atoms with E-state index in [-0.39, 0.29) is 22.3 Å². The summed E-state index contributed by atoms with van der Waals surface area (Å²) in [6.07, 6.45) is 8.14. The molecule has 2 N–H and O–H groups in total. The van der Waals surface area contributed by atoms with E-state index in [0.717, 1.165) is 25.7 Å². The van der Waals surface area contributed by atoms with E-state index in [1.165, 1.54) is 24.8 Å². The molecule has 5 nitrogen and oxygen atoms in total. The van der Waals surface area contributed by atoms with Gasteiger partial charge < -0.3 is 10.6 Å². The second kappa shape index (κ2) is 6.22. The third-order valence-corrected chi connectivity index (χ3v) is 7.56. The molecule has 0 radical (unpaired) electrons. The lowest BCUT2D eigenvalue weighted by atomic mass is 9.37. The van der Waals surface area contributed by atoms with Gasteiger partial charge in [0.05, 0.1) is 0 Å². The molecular weight excluding hydrogens is 328 g/mol. The summed E-state index contributed by atoms with van der Waals surface area (Å²) in [5.74, 6) is 0.627. The predicted molar refractivity (Wildman–Crippen MR) is 100 cm³/mol. The fraction of sp³-hybridized carbons (Fsp3) is 0.714. The first kappa shape index (κ1) is 17.8. The fourth-order valence-corrected chi connectivity index (χ4v) is 7.50. The molecule has 4 aliphatic rings. The van der Waals surface area contributed by atoms with Crippen molar-refractivity contribution in [1.29, 1.82) is 0 Å². The highest BCUT2D eigenvalue weighted by Gasteiger charge is 2.65. The van der Waals surface area contributed by atoms with Crippen molar-refractivity contribution < 1.29 is 9.92 Å². The molecule has 4 bridgehead atoms. The van der Waals surface area contributed by atoms with Gasteiger partial charge in [0.15, 0.2) is 0 Å². The highest BCUT2D eigenvalue weighted by Crippen LogP contribution is 2.72. The van der Waals surface area contributed by atoms with Gasteiger partial charge in [-0.3, -0.25) is 0 Å². The van der Waals surface area contributed by atoms with E-state index in [2.05, 4.69) is 30.3 Å². The van der Waals surface area contributed by atoms with E-state index in [1.54, 1.807) is 0 Å². The van der Waals surface area contributed by atoms with Crippen LogP contribution in [0.25, 0.3) is 0 Å². The molecule has 0 saturated heterocycles. The lowest BCUT2D eigenvalue weighted by Crippen LogP contribution is -2.62. The van der Waals surface area contributed by atoms with Crippen molar-refractivity contribution in [2.24, 2.45) is 22.5 Å². The predicted octanol–water partition coefficient (Wildman–Crippen LogP) is 4.23. The Morgan fingerprint density at radius 2 is 2.00 bits per heavy atom. The van der Waals surface area contributed by atoms with Crippen molar-refractivity contribution in [3.8, 4) is 0 Å². The standard InChI is InChI=1S/C21H30N2O3/c1-2-18(26-23(24)25)21-12-16-10-19(14-21,8-9-22)13-20(11-16,15-21)17-6-4-3-5-7-17/h3-7,16,18H,2,8-15,22H2,1H3. The molecular formula is C21H30N2O3. The van der Waals surface area contributed by atoms with Gasteiger partial charge in [0.25, 0.3) is 5.09 Å². The number of rotatable bonds is 7. The van der Waals surface area contributed by atoms with Crippen LogP contribution < -0.4 is 5.73 Å². The maximum Gasteiger partial charge on any atom is 0.294 e. The molecule has 0 aliphatic heterocycles. The van der Waals surface area contributed by atoms with Gasteiger partial charge in [0.1, 0.15) is 6.10 Å². The van der Waals surface area contributed by atoms with Crippen LogP contribution in [-0.2, 0) is 10.3 Å². The van der Waals surface area contributed by atoms with Crippen molar-refractivity contribution in [2.45, 2.75) is 69.8 Å². The van der Waals surface area contributed by atoms with Gasteiger partial charge in [0, 0.05) is 0 Å². The first-order valence-electron chi connectivity index (χ1n) is 10.0. The van der Waals surface area contributed by atoms with Crippen LogP contribution in [0.3, 0.4) is 0 Å². The Labute approximate surface area is 155 Å². The summed E-state index contributed by atoms with van der Waals surface area (Å²) < 4.78 is 0. The Bertz CT molecular complexity index is 681. The number of hydrogen-bond acceptors (Lipinski definition) is 4. The normalized spacial score (nSPS) is 38.9. The molecule has 4 fully saturated rings. The summed E-state index contributed by atoms with van der Waals surface area (Å²) in [4.78, 5) is 16.5. The highest BCUT2D eigenvalue weighted by atomic mass is 17.0. The molecule has 5 heteroatoms. The number of hydrogen-bond donors (Lipinski definition) is 1. The van der Waals surface area contributed by atoms with Crippen molar-refractivity contribution in [1.82, 2.24) is 0 Å². The van der Waals surface area contributed by atoms with Crippen LogP contribution in [0.4, 0.5) is 0 Å². The fourth-order valence-electron chi connectivity index (χ4n) is 7.50. The molecule has 5 unspecified atom stereocenters. The Balaban J connectivity index is 1.78. The van der Waals surface area contributed by atoms with E-state index in [9.17, 15) is 10.1 Å². The van der Waals surface area contributed by atoms with E-state index in [0.29, 0.717) is 18.9 Å². The van der Waals surface area contributed by atoms with Gasteiger partial charge in [-0.15, -0.1) is 10.1 Å². The van der Waals surface area contributed by atoms with Crippen molar-refractivity contribution >= 4 is 0 Å². The summed E-state index contributed by atoms with van der Waals surface area (Å²) in [5.41, 5.74) is 7.69. The second-order valence-electron chi connectivity index (χ2n) is 9.28. The van der Waals surface area contributed by atoms with Gasteiger partial charge in [0.2, 0.25) is 0 Å². The van der Waals surface area contributed by atoms with E-state index in [1.807, 2.05) is 6.92 Å². The smallest absolute Gasteiger partial charge is 0.294 e. The maximum atomic E-state index is 11.2. The van der Waals surface area contributed by atoms with Gasteiger partial charge >= 0.3 is 0 Å². The Kier molecular flexibility index (Phi) is 4.25. The average Bonchev–Trinajstić information content (AvgIpc) is 2.59. The van der Waals surface area contributed by atoms with Crippen LogP contribution in [0.2, 0.25) is 0 Å². The molecule has 0 amide bonds. The zero-order valence-electron chi connectivity index (χ0n) is 15.7. The van der Waals surface area contributed by atoms with Crippen LogP contribution in [0.5, 0.6) is 0 Å². The summed E-state index contributed by atoms with van der Waals surface area (Å²) in [7, 11) is 0. The SMILES string of the molecule is CCC(O[N+](=O)[O-])C12CC3CC(CCN)(CC(c4ccccc4)(C3)C1)C2. The monoisotopic (exact) mass is 358 g/mol. The van der Waals surface area contributed by atoms with Crippen LogP contribution in [0.1, 0.15) is 63.9 Å². The Hall–Kier alpha value is -1.62. The molecule has 0 aromatic heterocycles. The topological polar surface area (TPSA) is 78.4 Å². The maximum absolute atomic E-state index is 11.2. The van der Waals surface area contributed by atoms with Crippen molar-refractivity contribution in [3.63, 3.8) is 0 Å². The molecule has 26 heavy (non-hydrogen) atoms. The molecule has 1 aromatic carbocycles. The lowest BCUT2D eigenvalue weighted by molar-refractivity contribution is -0.773. The third-order valence-electron chi connectivity index (χ3n) is 7.56. The Morgan fingerprint density at radius 1 is 1.23 bits per heavy atom. The molecule has 4 saturated carbocycles. The molecule has 0 heterocycles. The zero-order chi connectivity index (χ0) is 18.4. The number of nitrogens with two attached hydrogens (primary N) is 1. The molecule has 5 rings (SSSR count). The number of nitrogens with zero attached hydrogens (tertiary/aromatic N) is 1. The minimum atomic E-state index is -0.572. The lowest BCUT2D eigenvalue weighted by Gasteiger charge is -2.68. The minimum absolute atomic E-state index is 0.0910.